The highest BCUT2D eigenvalue weighted by molar-refractivity contribution is 7.58. The first-order valence-electron chi connectivity index (χ1n) is 10.6. The lowest BCUT2D eigenvalue weighted by Gasteiger charge is -2.34. The lowest BCUT2D eigenvalue weighted by molar-refractivity contribution is -0.141. The van der Waals surface area contributed by atoms with Crippen molar-refractivity contribution in [3.63, 3.8) is 0 Å². The first-order chi connectivity index (χ1) is 16.9. The zero-order chi connectivity index (χ0) is 26.1. The number of amides is 2. The van der Waals surface area contributed by atoms with Crippen LogP contribution in [0.1, 0.15) is 23.6 Å². The Morgan fingerprint density at radius 3 is 2.36 bits per heavy atom. The Labute approximate surface area is 201 Å². The summed E-state index contributed by atoms with van der Waals surface area (Å²) in [6.45, 7) is -0.262. The summed E-state index contributed by atoms with van der Waals surface area (Å²) < 4.78 is 81.9. The number of aromatic nitrogens is 3. The van der Waals surface area contributed by atoms with Crippen LogP contribution in [0.2, 0.25) is 0 Å². The number of rotatable bonds is 5. The van der Waals surface area contributed by atoms with E-state index in [1.54, 1.807) is 0 Å². The fourth-order valence-electron chi connectivity index (χ4n) is 3.49. The molecule has 0 aliphatic carbocycles. The second-order valence-corrected chi connectivity index (χ2v) is 10.6. The third kappa shape index (κ3) is 5.88. The van der Waals surface area contributed by atoms with Crippen molar-refractivity contribution >= 4 is 19.2 Å². The second-order valence-electron chi connectivity index (χ2n) is 7.97. The first-order valence-corrected chi connectivity index (χ1v) is 12.6. The van der Waals surface area contributed by atoms with E-state index in [0.29, 0.717) is 11.1 Å². The van der Waals surface area contributed by atoms with Crippen molar-refractivity contribution in [1.82, 2.24) is 20.1 Å². The molecule has 9 nitrogen and oxygen atoms in total. The van der Waals surface area contributed by atoms with Gasteiger partial charge in [-0.05, 0) is 29.8 Å². The van der Waals surface area contributed by atoms with Gasteiger partial charge < -0.3 is 14.2 Å². The normalized spacial score (nSPS) is 15.8. The van der Waals surface area contributed by atoms with Gasteiger partial charge in [0.1, 0.15) is 11.5 Å². The fraction of sp³-hybridized carbons (Fsp3) is 0.333. The molecule has 0 radical (unpaired) electrons. The van der Waals surface area contributed by atoms with E-state index in [2.05, 4.69) is 15.2 Å². The number of nitrogens with zero attached hydrogens (tertiary/aromatic N) is 5. The summed E-state index contributed by atoms with van der Waals surface area (Å²) in [5.41, 5.74) is -0.384. The van der Waals surface area contributed by atoms with Crippen molar-refractivity contribution in [2.45, 2.75) is 19.1 Å². The molecule has 1 aromatic carbocycles. The van der Waals surface area contributed by atoms with Crippen LogP contribution in [-0.2, 0) is 17.3 Å². The van der Waals surface area contributed by atoms with Crippen molar-refractivity contribution in [2.75, 3.05) is 30.3 Å². The number of benzene rings is 1. The number of hydrogen-bond donors (Lipinski definition) is 1. The highest BCUT2D eigenvalue weighted by atomic mass is 31.2. The highest BCUT2D eigenvalue weighted by Crippen LogP contribution is 2.42. The molecule has 1 aliphatic rings. The number of pyridine rings is 1. The van der Waals surface area contributed by atoms with Gasteiger partial charge in [-0.3, -0.25) is 9.46 Å². The molecule has 1 fully saturated rings. The van der Waals surface area contributed by atoms with E-state index in [-0.39, 0.29) is 43.7 Å². The average molecular weight is 531 g/mol. The van der Waals surface area contributed by atoms with Crippen LogP contribution in [0.4, 0.5) is 32.6 Å². The molecule has 2 aromatic heterocycles. The number of carbonyl (C=O) groups excluding carboxylic acids is 1. The molecule has 2 amide bonds. The van der Waals surface area contributed by atoms with Gasteiger partial charge in [0.05, 0.1) is 6.54 Å². The third-order valence-corrected chi connectivity index (χ3v) is 7.21. The molecule has 0 saturated carbocycles. The molecular weight excluding hydrogens is 512 g/mol. The van der Waals surface area contributed by atoms with Gasteiger partial charge in [-0.25, -0.2) is 9.78 Å². The molecule has 0 bridgehead atoms. The van der Waals surface area contributed by atoms with E-state index >= 15 is 0 Å². The van der Waals surface area contributed by atoms with E-state index in [1.807, 2.05) is 0 Å². The van der Waals surface area contributed by atoms with Crippen LogP contribution in [0.3, 0.4) is 0 Å². The van der Waals surface area contributed by atoms with E-state index in [4.69, 9.17) is 4.42 Å². The van der Waals surface area contributed by atoms with Crippen LogP contribution >= 0.6 is 7.37 Å². The summed E-state index contributed by atoms with van der Waals surface area (Å²) in [4.78, 5) is 29.0. The zero-order valence-electron chi connectivity index (χ0n) is 18.4. The number of halogens is 5. The van der Waals surface area contributed by atoms with Gasteiger partial charge in [-0.1, -0.05) is 18.2 Å². The van der Waals surface area contributed by atoms with Crippen LogP contribution in [0, 0.1) is 0 Å². The predicted octanol–water partition coefficient (Wildman–Crippen LogP) is 4.80. The molecule has 15 heteroatoms. The largest absolute Gasteiger partial charge is 0.433 e. The lowest BCUT2D eigenvalue weighted by Crippen LogP contribution is -2.47. The quantitative estimate of drug-likeness (QED) is 0.372. The summed E-state index contributed by atoms with van der Waals surface area (Å²) in [5.74, 6) is -1.24. The monoisotopic (exact) mass is 531 g/mol. The van der Waals surface area contributed by atoms with Crippen molar-refractivity contribution < 1.29 is 40.6 Å². The topological polar surface area (TPSA) is 113 Å². The zero-order valence-corrected chi connectivity index (χ0v) is 19.3. The third-order valence-electron chi connectivity index (χ3n) is 5.41. The Balaban J connectivity index is 1.61. The van der Waals surface area contributed by atoms with Crippen LogP contribution in [-0.4, -0.2) is 56.4 Å². The molecular formula is C21H19F5N5O4P. The standard InChI is InChI=1S/C21H19F5N5O4P/c22-17(23)19-29-28-18(35-19)14-6-4-13(5-7-14)12-31(16-3-1-2-15(27-16)21(24,25)26)20(32)30-8-10-36(33,34)11-9-30/h1-7,17H,8-12H2,(H,33,34). The Morgan fingerprint density at radius 2 is 1.78 bits per heavy atom. The summed E-state index contributed by atoms with van der Waals surface area (Å²) >= 11 is 0. The second kappa shape index (κ2) is 9.94. The Morgan fingerprint density at radius 1 is 1.11 bits per heavy atom. The van der Waals surface area contributed by atoms with Crippen molar-refractivity contribution in [1.29, 1.82) is 0 Å². The Bertz CT molecular complexity index is 1270. The van der Waals surface area contributed by atoms with E-state index < -0.39 is 37.6 Å². The average Bonchev–Trinajstić information content (AvgIpc) is 3.33. The molecule has 1 N–H and O–H groups in total. The molecule has 36 heavy (non-hydrogen) atoms. The van der Waals surface area contributed by atoms with Crippen LogP contribution in [0.25, 0.3) is 11.5 Å². The number of urea groups is 1. The van der Waals surface area contributed by atoms with Gasteiger partial charge in [-0.2, -0.15) is 22.0 Å². The van der Waals surface area contributed by atoms with Crippen molar-refractivity contribution in [3.8, 4) is 11.5 Å². The SMILES string of the molecule is O=C(N1CCP(=O)(O)CC1)N(Cc1ccc(-c2nnc(C(F)F)o2)cc1)c1cccc(C(F)(F)F)n1. The van der Waals surface area contributed by atoms with Gasteiger partial charge in [0.15, 0.2) is 0 Å². The van der Waals surface area contributed by atoms with Gasteiger partial charge in [-0.15, -0.1) is 10.2 Å². The maximum absolute atomic E-state index is 13.3. The Kier molecular flexibility index (Phi) is 7.10. The maximum atomic E-state index is 13.3. The predicted molar refractivity (Wildman–Crippen MR) is 117 cm³/mol. The molecule has 0 spiro atoms. The number of hydrogen-bond acceptors (Lipinski definition) is 6. The summed E-state index contributed by atoms with van der Waals surface area (Å²) in [7, 11) is -3.35. The molecule has 3 aromatic rings. The Hall–Kier alpha value is -3.38. The summed E-state index contributed by atoms with van der Waals surface area (Å²) in [6, 6.07) is 8.48. The first kappa shape index (κ1) is 25.7. The van der Waals surface area contributed by atoms with Crippen LogP contribution < -0.4 is 4.90 Å². The molecule has 1 aliphatic heterocycles. The minimum Gasteiger partial charge on any atom is -0.415 e. The maximum Gasteiger partial charge on any atom is 0.433 e. The van der Waals surface area contributed by atoms with Crippen molar-refractivity contribution in [2.24, 2.45) is 0 Å². The van der Waals surface area contributed by atoms with Gasteiger partial charge in [0, 0.05) is 31.0 Å². The highest BCUT2D eigenvalue weighted by Gasteiger charge is 2.35. The number of anilines is 1. The molecule has 4 rings (SSSR count). The van der Waals surface area contributed by atoms with E-state index in [0.717, 1.165) is 17.0 Å². The van der Waals surface area contributed by atoms with Gasteiger partial charge >= 0.3 is 18.6 Å². The minimum atomic E-state index is -4.73. The molecule has 0 unspecified atom stereocenters. The minimum absolute atomic E-state index is 0.0371. The number of alkyl halides is 5. The number of carbonyl (C=O) groups is 1. The van der Waals surface area contributed by atoms with E-state index in [9.17, 15) is 36.2 Å². The molecule has 192 valence electrons. The van der Waals surface area contributed by atoms with E-state index in [1.165, 1.54) is 35.2 Å². The van der Waals surface area contributed by atoms with Crippen LogP contribution in [0.5, 0.6) is 0 Å². The van der Waals surface area contributed by atoms with Crippen molar-refractivity contribution in [3.05, 3.63) is 59.6 Å². The summed E-state index contributed by atoms with van der Waals surface area (Å²) in [5, 5.41) is 6.80. The lowest BCUT2D eigenvalue weighted by atomic mass is 10.1. The van der Waals surface area contributed by atoms with Gasteiger partial charge in [0.25, 0.3) is 5.89 Å². The molecule has 3 heterocycles. The molecule has 0 atom stereocenters. The smallest absolute Gasteiger partial charge is 0.415 e. The van der Waals surface area contributed by atoms with Crippen LogP contribution in [0.15, 0.2) is 46.9 Å². The summed E-state index contributed by atoms with van der Waals surface area (Å²) in [6.07, 6.45) is -7.91. The fourth-order valence-corrected chi connectivity index (χ4v) is 4.82. The van der Waals surface area contributed by atoms with Gasteiger partial charge in [0.2, 0.25) is 13.3 Å². The molecule has 1 saturated heterocycles.